The third-order valence-electron chi connectivity index (χ3n) is 3.41. The van der Waals surface area contributed by atoms with Crippen LogP contribution in [-0.2, 0) is 11.2 Å². The molecule has 3 heteroatoms. The van der Waals surface area contributed by atoms with E-state index in [-0.39, 0.29) is 5.91 Å². The van der Waals surface area contributed by atoms with Gasteiger partial charge < -0.3 is 10.6 Å². The van der Waals surface area contributed by atoms with E-state index in [1.165, 1.54) is 6.42 Å². The summed E-state index contributed by atoms with van der Waals surface area (Å²) in [6.45, 7) is 0. The van der Waals surface area contributed by atoms with Crippen molar-refractivity contribution >= 4 is 17.3 Å². The maximum atomic E-state index is 11.9. The Balaban J connectivity index is 2.01. The van der Waals surface area contributed by atoms with Gasteiger partial charge in [0, 0.05) is 17.4 Å². The van der Waals surface area contributed by atoms with Gasteiger partial charge in [-0.15, -0.1) is 0 Å². The molecule has 0 aromatic heterocycles. The lowest BCUT2D eigenvalue weighted by atomic mass is 9.91. The van der Waals surface area contributed by atoms with E-state index >= 15 is 0 Å². The van der Waals surface area contributed by atoms with Crippen molar-refractivity contribution in [3.05, 3.63) is 23.8 Å². The van der Waals surface area contributed by atoms with Crippen LogP contribution in [0.3, 0.4) is 0 Å². The highest BCUT2D eigenvalue weighted by atomic mass is 16.2. The van der Waals surface area contributed by atoms with Crippen LogP contribution in [0.4, 0.5) is 11.4 Å². The molecular formula is C12H14N2O. The van der Waals surface area contributed by atoms with E-state index in [1.54, 1.807) is 0 Å². The van der Waals surface area contributed by atoms with Crippen LogP contribution in [0.25, 0.3) is 0 Å². The summed E-state index contributed by atoms with van der Waals surface area (Å²) in [6.07, 6.45) is 4.07. The Hall–Kier alpha value is -1.51. The number of nitrogen functional groups attached to an aromatic ring is 1. The zero-order chi connectivity index (χ0) is 10.4. The minimum Gasteiger partial charge on any atom is -0.399 e. The first-order valence-corrected chi connectivity index (χ1v) is 5.46. The Morgan fingerprint density at radius 3 is 2.80 bits per heavy atom. The Kier molecular flexibility index (Phi) is 1.75. The molecule has 2 N–H and O–H groups in total. The molecule has 3 nitrogen and oxygen atoms in total. The molecule has 1 aliphatic heterocycles. The van der Waals surface area contributed by atoms with Crippen LogP contribution in [-0.4, -0.2) is 11.9 Å². The minimum atomic E-state index is 0.236. The van der Waals surface area contributed by atoms with Gasteiger partial charge in [-0.3, -0.25) is 4.79 Å². The molecule has 78 valence electrons. The molecule has 0 spiro atoms. The lowest BCUT2D eigenvalue weighted by Crippen LogP contribution is -2.42. The predicted molar refractivity (Wildman–Crippen MR) is 59.7 cm³/mol. The van der Waals surface area contributed by atoms with Gasteiger partial charge in [0.05, 0.1) is 6.42 Å². The van der Waals surface area contributed by atoms with Crippen LogP contribution in [0.15, 0.2) is 18.2 Å². The van der Waals surface area contributed by atoms with Gasteiger partial charge in [-0.1, -0.05) is 0 Å². The first-order valence-electron chi connectivity index (χ1n) is 5.46. The zero-order valence-electron chi connectivity index (χ0n) is 8.57. The molecule has 0 bridgehead atoms. The van der Waals surface area contributed by atoms with Crippen molar-refractivity contribution in [1.29, 1.82) is 0 Å². The highest BCUT2D eigenvalue weighted by Gasteiger charge is 2.35. The van der Waals surface area contributed by atoms with Gasteiger partial charge in [0.15, 0.2) is 0 Å². The van der Waals surface area contributed by atoms with E-state index in [9.17, 15) is 4.79 Å². The molecule has 2 aliphatic rings. The number of benzene rings is 1. The summed E-state index contributed by atoms with van der Waals surface area (Å²) in [4.78, 5) is 13.8. The van der Waals surface area contributed by atoms with Crippen LogP contribution in [0.2, 0.25) is 0 Å². The summed E-state index contributed by atoms with van der Waals surface area (Å²) in [5.74, 6) is 0.236. The van der Waals surface area contributed by atoms with Gasteiger partial charge in [-0.25, -0.2) is 0 Å². The topological polar surface area (TPSA) is 46.3 Å². The van der Waals surface area contributed by atoms with E-state index in [0.29, 0.717) is 12.5 Å². The number of nitrogens with two attached hydrogens (primary N) is 1. The SMILES string of the molecule is Nc1ccc2c(c1)CC(=O)N2C1CCC1. The fourth-order valence-corrected chi connectivity index (χ4v) is 2.41. The van der Waals surface area contributed by atoms with Crippen LogP contribution in [0, 0.1) is 0 Å². The van der Waals surface area contributed by atoms with E-state index in [0.717, 1.165) is 29.8 Å². The van der Waals surface area contributed by atoms with Crippen molar-refractivity contribution in [2.24, 2.45) is 0 Å². The molecule has 15 heavy (non-hydrogen) atoms. The average molecular weight is 202 g/mol. The molecule has 3 rings (SSSR count). The summed E-state index contributed by atoms with van der Waals surface area (Å²) in [7, 11) is 0. The van der Waals surface area contributed by atoms with Gasteiger partial charge in [0.2, 0.25) is 5.91 Å². The number of anilines is 2. The van der Waals surface area contributed by atoms with Gasteiger partial charge >= 0.3 is 0 Å². The number of hydrogen-bond acceptors (Lipinski definition) is 2. The molecule has 1 heterocycles. The number of carbonyl (C=O) groups is 1. The number of nitrogens with zero attached hydrogens (tertiary/aromatic N) is 1. The summed E-state index contributed by atoms with van der Waals surface area (Å²) >= 11 is 0. The van der Waals surface area contributed by atoms with E-state index < -0.39 is 0 Å². The van der Waals surface area contributed by atoms with E-state index in [2.05, 4.69) is 0 Å². The number of fused-ring (bicyclic) bond motifs is 1. The number of amides is 1. The van der Waals surface area contributed by atoms with Crippen molar-refractivity contribution < 1.29 is 4.79 Å². The molecule has 1 amide bonds. The summed E-state index contributed by atoms with van der Waals surface area (Å²) in [6, 6.07) is 6.23. The summed E-state index contributed by atoms with van der Waals surface area (Å²) < 4.78 is 0. The first kappa shape index (κ1) is 8.77. The molecular weight excluding hydrogens is 188 g/mol. The second kappa shape index (κ2) is 2.99. The van der Waals surface area contributed by atoms with Crippen molar-refractivity contribution in [2.75, 3.05) is 10.6 Å². The maximum Gasteiger partial charge on any atom is 0.231 e. The third-order valence-corrected chi connectivity index (χ3v) is 3.41. The second-order valence-corrected chi connectivity index (χ2v) is 4.41. The molecule has 0 saturated heterocycles. The van der Waals surface area contributed by atoms with Crippen molar-refractivity contribution in [1.82, 2.24) is 0 Å². The average Bonchev–Trinajstić information content (AvgIpc) is 2.40. The number of carbonyl (C=O) groups excluding carboxylic acids is 1. The molecule has 1 fully saturated rings. The summed E-state index contributed by atoms with van der Waals surface area (Å²) in [5.41, 5.74) is 8.63. The van der Waals surface area contributed by atoms with Crippen molar-refractivity contribution in [3.63, 3.8) is 0 Å². The lowest BCUT2D eigenvalue weighted by Gasteiger charge is -2.35. The second-order valence-electron chi connectivity index (χ2n) is 4.41. The molecule has 0 radical (unpaired) electrons. The van der Waals surface area contributed by atoms with Gasteiger partial charge in [-0.2, -0.15) is 0 Å². The zero-order valence-corrected chi connectivity index (χ0v) is 8.57. The molecule has 1 aromatic rings. The van der Waals surface area contributed by atoms with Gasteiger partial charge in [0.25, 0.3) is 0 Å². The Morgan fingerprint density at radius 2 is 2.13 bits per heavy atom. The van der Waals surface area contributed by atoms with Crippen LogP contribution in [0.5, 0.6) is 0 Å². The van der Waals surface area contributed by atoms with Gasteiger partial charge in [0.1, 0.15) is 0 Å². The molecule has 0 atom stereocenters. The van der Waals surface area contributed by atoms with Crippen LogP contribution >= 0.6 is 0 Å². The van der Waals surface area contributed by atoms with E-state index in [1.807, 2.05) is 23.1 Å². The fraction of sp³-hybridized carbons (Fsp3) is 0.417. The minimum absolute atomic E-state index is 0.236. The molecule has 1 saturated carbocycles. The standard InChI is InChI=1S/C12H14N2O/c13-9-4-5-11-8(6-9)7-12(15)14(11)10-2-1-3-10/h4-6,10H,1-3,7,13H2. The van der Waals surface area contributed by atoms with Crippen LogP contribution in [0.1, 0.15) is 24.8 Å². The third kappa shape index (κ3) is 1.23. The van der Waals surface area contributed by atoms with E-state index in [4.69, 9.17) is 5.73 Å². The monoisotopic (exact) mass is 202 g/mol. The Morgan fingerprint density at radius 1 is 1.33 bits per heavy atom. The lowest BCUT2D eigenvalue weighted by molar-refractivity contribution is -0.118. The van der Waals surface area contributed by atoms with Gasteiger partial charge in [-0.05, 0) is 43.0 Å². The van der Waals surface area contributed by atoms with Crippen molar-refractivity contribution in [2.45, 2.75) is 31.7 Å². The Labute approximate surface area is 88.9 Å². The molecule has 1 aliphatic carbocycles. The molecule has 1 aromatic carbocycles. The predicted octanol–water partition coefficient (Wildman–Crippen LogP) is 1.71. The first-order chi connectivity index (χ1) is 7.25. The normalized spacial score (nSPS) is 20.3. The largest absolute Gasteiger partial charge is 0.399 e. The number of rotatable bonds is 1. The number of hydrogen-bond donors (Lipinski definition) is 1. The Bertz CT molecular complexity index is 424. The summed E-state index contributed by atoms with van der Waals surface area (Å²) in [5, 5.41) is 0. The smallest absolute Gasteiger partial charge is 0.231 e. The fourth-order valence-electron chi connectivity index (χ4n) is 2.41. The quantitative estimate of drug-likeness (QED) is 0.705. The van der Waals surface area contributed by atoms with Crippen molar-refractivity contribution in [3.8, 4) is 0 Å². The van der Waals surface area contributed by atoms with Crippen LogP contribution < -0.4 is 10.6 Å². The highest BCUT2D eigenvalue weighted by Crippen LogP contribution is 2.37. The highest BCUT2D eigenvalue weighted by molar-refractivity contribution is 6.02. The molecule has 0 unspecified atom stereocenters. The maximum absolute atomic E-state index is 11.9.